The maximum Gasteiger partial charge on any atom is 0.244 e. The SMILES string of the molecule is CC(C)NC(=O)[C@@H](Cc1ccccc1)N(Cc1ccc(F)cc1)C(=O)CN(c1ccc(Oc2ccccc2)cc1)S(C)(=O)=O. The lowest BCUT2D eigenvalue weighted by Gasteiger charge is -2.34. The molecular weight excluding hydrogens is 581 g/mol. The molecule has 0 bridgehead atoms. The lowest BCUT2D eigenvalue weighted by atomic mass is 10.0. The number of carbonyl (C=O) groups is 2. The van der Waals surface area contributed by atoms with Crippen molar-refractivity contribution in [2.75, 3.05) is 17.1 Å². The van der Waals surface area contributed by atoms with Gasteiger partial charge < -0.3 is 15.0 Å². The van der Waals surface area contributed by atoms with Crippen LogP contribution in [0.15, 0.2) is 109 Å². The summed E-state index contributed by atoms with van der Waals surface area (Å²) in [6, 6.07) is 29.2. The van der Waals surface area contributed by atoms with Gasteiger partial charge in [0.2, 0.25) is 21.8 Å². The molecule has 4 aromatic rings. The Morgan fingerprint density at radius 1 is 0.795 bits per heavy atom. The maximum atomic E-state index is 14.1. The third kappa shape index (κ3) is 9.15. The molecule has 230 valence electrons. The van der Waals surface area contributed by atoms with Crippen LogP contribution in [0.3, 0.4) is 0 Å². The van der Waals surface area contributed by atoms with Gasteiger partial charge >= 0.3 is 0 Å². The Morgan fingerprint density at radius 2 is 1.36 bits per heavy atom. The first-order chi connectivity index (χ1) is 21.0. The molecule has 0 unspecified atom stereocenters. The highest BCUT2D eigenvalue weighted by atomic mass is 32.2. The van der Waals surface area contributed by atoms with Crippen molar-refractivity contribution in [1.82, 2.24) is 10.2 Å². The number of halogens is 1. The summed E-state index contributed by atoms with van der Waals surface area (Å²) in [6.07, 6.45) is 1.21. The minimum atomic E-state index is -3.93. The molecule has 0 heterocycles. The van der Waals surface area contributed by atoms with Crippen molar-refractivity contribution < 1.29 is 27.1 Å². The predicted octanol–water partition coefficient (Wildman–Crippen LogP) is 5.55. The molecule has 0 aromatic heterocycles. The topological polar surface area (TPSA) is 96.0 Å². The number of rotatable bonds is 13. The number of hydrogen-bond acceptors (Lipinski definition) is 5. The van der Waals surface area contributed by atoms with Gasteiger partial charge in [-0.3, -0.25) is 13.9 Å². The van der Waals surface area contributed by atoms with Crippen LogP contribution in [0.25, 0.3) is 0 Å². The van der Waals surface area contributed by atoms with E-state index in [4.69, 9.17) is 4.74 Å². The average molecular weight is 618 g/mol. The minimum Gasteiger partial charge on any atom is -0.457 e. The van der Waals surface area contributed by atoms with Gasteiger partial charge in [-0.25, -0.2) is 12.8 Å². The van der Waals surface area contributed by atoms with E-state index in [1.807, 2.05) is 62.4 Å². The van der Waals surface area contributed by atoms with E-state index in [0.29, 0.717) is 17.1 Å². The van der Waals surface area contributed by atoms with Gasteiger partial charge in [0.25, 0.3) is 0 Å². The molecule has 8 nitrogen and oxygen atoms in total. The number of carbonyl (C=O) groups excluding carboxylic acids is 2. The van der Waals surface area contributed by atoms with Gasteiger partial charge in [0.05, 0.1) is 11.9 Å². The Balaban J connectivity index is 1.67. The van der Waals surface area contributed by atoms with Gasteiger partial charge in [-0.2, -0.15) is 0 Å². The zero-order valence-electron chi connectivity index (χ0n) is 24.9. The second kappa shape index (κ2) is 14.7. The quantitative estimate of drug-likeness (QED) is 0.212. The molecule has 0 spiro atoms. The van der Waals surface area contributed by atoms with Gasteiger partial charge in [0, 0.05) is 19.0 Å². The molecule has 0 aliphatic carbocycles. The van der Waals surface area contributed by atoms with Crippen molar-refractivity contribution in [1.29, 1.82) is 0 Å². The van der Waals surface area contributed by atoms with Gasteiger partial charge in [-0.1, -0.05) is 60.7 Å². The summed E-state index contributed by atoms with van der Waals surface area (Å²) >= 11 is 0. The number of amides is 2. The van der Waals surface area contributed by atoms with Crippen LogP contribution in [0.4, 0.5) is 10.1 Å². The molecule has 0 aliphatic rings. The van der Waals surface area contributed by atoms with E-state index in [-0.39, 0.29) is 30.6 Å². The fraction of sp³-hybridized carbons (Fsp3) is 0.235. The number of sulfonamides is 1. The third-order valence-corrected chi connectivity index (χ3v) is 7.89. The number of benzene rings is 4. The Hall–Kier alpha value is -4.70. The van der Waals surface area contributed by atoms with Crippen molar-refractivity contribution >= 4 is 27.5 Å². The van der Waals surface area contributed by atoms with Gasteiger partial charge in [-0.05, 0) is 73.5 Å². The predicted molar refractivity (Wildman–Crippen MR) is 169 cm³/mol. The monoisotopic (exact) mass is 617 g/mol. The molecule has 1 N–H and O–H groups in total. The standard InChI is InChI=1S/C34H36FN3O5S/c1-25(2)36-34(40)32(22-26-10-6-4-7-11-26)37(23-27-14-16-28(35)17-15-27)33(39)24-38(44(3,41)42)29-18-20-31(21-19-29)43-30-12-8-5-9-13-30/h4-21,25,32H,22-24H2,1-3H3,(H,36,40)/t32-/m1/s1. The molecule has 0 radical (unpaired) electrons. The number of ether oxygens (including phenoxy) is 1. The first kappa shape index (κ1) is 32.2. The highest BCUT2D eigenvalue weighted by molar-refractivity contribution is 7.92. The van der Waals surface area contributed by atoms with E-state index in [2.05, 4.69) is 5.32 Å². The van der Waals surface area contributed by atoms with Crippen LogP contribution in [-0.4, -0.2) is 50.0 Å². The molecular formula is C34H36FN3O5S. The first-order valence-electron chi connectivity index (χ1n) is 14.2. The van der Waals surface area contributed by atoms with E-state index in [0.717, 1.165) is 16.1 Å². The van der Waals surface area contributed by atoms with E-state index in [1.165, 1.54) is 29.2 Å². The largest absolute Gasteiger partial charge is 0.457 e. The van der Waals surface area contributed by atoms with E-state index < -0.39 is 34.3 Å². The second-order valence-electron chi connectivity index (χ2n) is 10.7. The lowest BCUT2D eigenvalue weighted by molar-refractivity contribution is -0.140. The zero-order valence-corrected chi connectivity index (χ0v) is 25.7. The number of nitrogens with one attached hydrogen (secondary N) is 1. The molecule has 0 saturated carbocycles. The molecule has 1 atom stereocenters. The summed E-state index contributed by atoms with van der Waals surface area (Å²) in [6.45, 7) is 3.04. The van der Waals surface area contributed by atoms with Crippen LogP contribution in [0.2, 0.25) is 0 Å². The number of nitrogens with zero attached hydrogens (tertiary/aromatic N) is 2. The molecule has 0 saturated heterocycles. The number of anilines is 1. The summed E-state index contributed by atoms with van der Waals surface area (Å²) in [7, 11) is -3.93. The van der Waals surface area contributed by atoms with Crippen molar-refractivity contribution in [3.8, 4) is 11.5 Å². The summed E-state index contributed by atoms with van der Waals surface area (Å²) in [5.74, 6) is -0.299. The van der Waals surface area contributed by atoms with Gasteiger partial charge in [0.15, 0.2) is 0 Å². The summed E-state index contributed by atoms with van der Waals surface area (Å²) in [5, 5.41) is 2.90. The molecule has 44 heavy (non-hydrogen) atoms. The van der Waals surface area contributed by atoms with Gasteiger partial charge in [-0.15, -0.1) is 0 Å². The highest BCUT2D eigenvalue weighted by Gasteiger charge is 2.33. The molecule has 0 fully saturated rings. The smallest absolute Gasteiger partial charge is 0.244 e. The summed E-state index contributed by atoms with van der Waals surface area (Å²) in [4.78, 5) is 29.1. The van der Waals surface area contributed by atoms with Crippen LogP contribution < -0.4 is 14.4 Å². The average Bonchev–Trinajstić information content (AvgIpc) is 2.99. The van der Waals surface area contributed by atoms with Crippen LogP contribution in [0.5, 0.6) is 11.5 Å². The first-order valence-corrected chi connectivity index (χ1v) is 16.0. The molecule has 10 heteroatoms. The van der Waals surface area contributed by atoms with Crippen molar-refractivity contribution in [3.63, 3.8) is 0 Å². The molecule has 4 rings (SSSR count). The van der Waals surface area contributed by atoms with Crippen LogP contribution in [0, 0.1) is 5.82 Å². The van der Waals surface area contributed by atoms with Crippen molar-refractivity contribution in [2.24, 2.45) is 0 Å². The number of hydrogen-bond donors (Lipinski definition) is 1. The Kier molecular flexibility index (Phi) is 10.7. The van der Waals surface area contributed by atoms with Gasteiger partial charge in [0.1, 0.15) is 29.9 Å². The fourth-order valence-corrected chi connectivity index (χ4v) is 5.49. The Labute approximate surface area is 258 Å². The van der Waals surface area contributed by atoms with E-state index in [1.54, 1.807) is 36.4 Å². The third-order valence-electron chi connectivity index (χ3n) is 6.75. The molecule has 4 aromatic carbocycles. The van der Waals surface area contributed by atoms with Crippen LogP contribution in [0.1, 0.15) is 25.0 Å². The normalized spacial score (nSPS) is 11.9. The Bertz CT molecular complexity index is 1630. The Morgan fingerprint density at radius 3 is 1.93 bits per heavy atom. The molecule has 2 amide bonds. The fourth-order valence-electron chi connectivity index (χ4n) is 4.64. The highest BCUT2D eigenvalue weighted by Crippen LogP contribution is 2.26. The van der Waals surface area contributed by atoms with Crippen molar-refractivity contribution in [3.05, 3.63) is 126 Å². The number of para-hydroxylation sites is 1. The van der Waals surface area contributed by atoms with Crippen LogP contribution >= 0.6 is 0 Å². The van der Waals surface area contributed by atoms with Crippen LogP contribution in [-0.2, 0) is 32.6 Å². The summed E-state index contributed by atoms with van der Waals surface area (Å²) < 4.78 is 46.5. The molecule has 0 aliphatic heterocycles. The van der Waals surface area contributed by atoms with E-state index >= 15 is 0 Å². The maximum absolute atomic E-state index is 14.1. The summed E-state index contributed by atoms with van der Waals surface area (Å²) in [5.41, 5.74) is 1.67. The van der Waals surface area contributed by atoms with Crippen molar-refractivity contribution in [2.45, 2.75) is 38.9 Å². The van der Waals surface area contributed by atoms with E-state index in [9.17, 15) is 22.4 Å². The zero-order chi connectivity index (χ0) is 31.7. The second-order valence-corrected chi connectivity index (χ2v) is 12.6. The lowest BCUT2D eigenvalue weighted by Crippen LogP contribution is -2.54. The minimum absolute atomic E-state index is 0.0381.